The van der Waals surface area contributed by atoms with Gasteiger partial charge in [0.1, 0.15) is 5.82 Å². The number of imidazole rings is 1. The Balaban J connectivity index is 1.95. The van der Waals surface area contributed by atoms with E-state index in [1.54, 1.807) is 41.9 Å². The third kappa shape index (κ3) is 2.43. The Morgan fingerprint density at radius 2 is 1.95 bits per heavy atom. The normalized spacial score (nSPS) is 10.6. The molecule has 0 fully saturated rings. The van der Waals surface area contributed by atoms with Crippen molar-refractivity contribution in [3.63, 3.8) is 0 Å². The average Bonchev–Trinajstić information content (AvgIpc) is 3.07. The van der Waals surface area contributed by atoms with Crippen LogP contribution in [0, 0.1) is 0 Å². The van der Waals surface area contributed by atoms with E-state index in [0.29, 0.717) is 11.6 Å². The SMILES string of the molecule is Cn1ccnc1C(=O)Nc1c(-c2ccccc2)cnn1C. The van der Waals surface area contributed by atoms with Crippen LogP contribution in [0.1, 0.15) is 10.6 Å². The lowest BCUT2D eigenvalue weighted by molar-refractivity contribution is 0.101. The molecule has 2 heterocycles. The summed E-state index contributed by atoms with van der Waals surface area (Å²) in [6, 6.07) is 9.81. The largest absolute Gasteiger partial charge is 0.330 e. The molecule has 2 aromatic heterocycles. The highest BCUT2D eigenvalue weighted by atomic mass is 16.2. The summed E-state index contributed by atoms with van der Waals surface area (Å²) >= 11 is 0. The summed E-state index contributed by atoms with van der Waals surface area (Å²) < 4.78 is 3.32. The molecule has 6 heteroatoms. The molecule has 0 bridgehead atoms. The molecule has 0 radical (unpaired) electrons. The second-order valence-electron chi connectivity index (χ2n) is 4.71. The van der Waals surface area contributed by atoms with Crippen LogP contribution in [0.4, 0.5) is 5.82 Å². The molecule has 0 aliphatic rings. The van der Waals surface area contributed by atoms with Gasteiger partial charge in [-0.05, 0) is 5.56 Å². The van der Waals surface area contributed by atoms with Gasteiger partial charge in [0.2, 0.25) is 0 Å². The van der Waals surface area contributed by atoms with Gasteiger partial charge >= 0.3 is 0 Å². The Kier molecular flexibility index (Phi) is 3.27. The molecule has 0 saturated carbocycles. The lowest BCUT2D eigenvalue weighted by Crippen LogP contribution is -2.19. The fourth-order valence-corrected chi connectivity index (χ4v) is 2.16. The van der Waals surface area contributed by atoms with E-state index in [4.69, 9.17) is 0 Å². The number of nitrogens with zero attached hydrogens (tertiary/aromatic N) is 4. The van der Waals surface area contributed by atoms with Crippen LogP contribution >= 0.6 is 0 Å². The molecule has 1 aromatic carbocycles. The summed E-state index contributed by atoms with van der Waals surface area (Å²) in [4.78, 5) is 16.3. The Bertz CT molecular complexity index is 772. The quantitative estimate of drug-likeness (QED) is 0.799. The standard InChI is InChI=1S/C15H15N5O/c1-19-9-8-16-14(19)15(21)18-13-12(10-17-20(13)2)11-6-4-3-5-7-11/h3-10H,1-2H3,(H,18,21). The van der Waals surface area contributed by atoms with Gasteiger partial charge in [-0.15, -0.1) is 0 Å². The number of amides is 1. The number of hydrogen-bond donors (Lipinski definition) is 1. The van der Waals surface area contributed by atoms with Gasteiger partial charge in [0.15, 0.2) is 5.82 Å². The van der Waals surface area contributed by atoms with E-state index in [1.807, 2.05) is 30.3 Å². The van der Waals surface area contributed by atoms with Crippen LogP contribution in [0.5, 0.6) is 0 Å². The van der Waals surface area contributed by atoms with Crippen molar-refractivity contribution >= 4 is 11.7 Å². The zero-order valence-corrected chi connectivity index (χ0v) is 11.8. The number of anilines is 1. The molecule has 1 N–H and O–H groups in total. The van der Waals surface area contributed by atoms with Crippen molar-refractivity contribution in [2.75, 3.05) is 5.32 Å². The monoisotopic (exact) mass is 281 g/mol. The van der Waals surface area contributed by atoms with Crippen molar-refractivity contribution in [1.29, 1.82) is 0 Å². The van der Waals surface area contributed by atoms with Gasteiger partial charge in [0, 0.05) is 32.1 Å². The fraction of sp³-hybridized carbons (Fsp3) is 0.133. The predicted octanol–water partition coefficient (Wildman–Crippen LogP) is 2.07. The molecule has 0 spiro atoms. The van der Waals surface area contributed by atoms with Crippen LogP contribution in [0.15, 0.2) is 48.9 Å². The number of aromatic nitrogens is 4. The minimum atomic E-state index is -0.261. The van der Waals surface area contributed by atoms with Crippen molar-refractivity contribution in [2.24, 2.45) is 14.1 Å². The van der Waals surface area contributed by atoms with E-state index in [2.05, 4.69) is 15.4 Å². The number of benzene rings is 1. The van der Waals surface area contributed by atoms with Crippen LogP contribution < -0.4 is 5.32 Å². The Hall–Kier alpha value is -2.89. The highest BCUT2D eigenvalue weighted by Gasteiger charge is 2.16. The third-order valence-electron chi connectivity index (χ3n) is 3.28. The van der Waals surface area contributed by atoms with Gasteiger partial charge in [-0.25, -0.2) is 4.98 Å². The minimum Gasteiger partial charge on any atom is -0.330 e. The zero-order valence-electron chi connectivity index (χ0n) is 11.8. The molecule has 0 aliphatic heterocycles. The van der Waals surface area contributed by atoms with Crippen molar-refractivity contribution in [3.8, 4) is 11.1 Å². The number of hydrogen-bond acceptors (Lipinski definition) is 3. The minimum absolute atomic E-state index is 0.261. The predicted molar refractivity (Wildman–Crippen MR) is 79.8 cm³/mol. The average molecular weight is 281 g/mol. The smallest absolute Gasteiger partial charge is 0.292 e. The lowest BCUT2D eigenvalue weighted by Gasteiger charge is -2.08. The maximum absolute atomic E-state index is 12.3. The van der Waals surface area contributed by atoms with Gasteiger partial charge in [-0.1, -0.05) is 30.3 Å². The fourth-order valence-electron chi connectivity index (χ4n) is 2.16. The van der Waals surface area contributed by atoms with Crippen molar-refractivity contribution < 1.29 is 4.79 Å². The second-order valence-corrected chi connectivity index (χ2v) is 4.71. The van der Waals surface area contributed by atoms with Crippen LogP contribution in [-0.2, 0) is 14.1 Å². The first-order chi connectivity index (χ1) is 10.2. The van der Waals surface area contributed by atoms with E-state index in [1.165, 1.54) is 0 Å². The topological polar surface area (TPSA) is 64.7 Å². The molecule has 0 unspecified atom stereocenters. The summed E-state index contributed by atoms with van der Waals surface area (Å²) in [6.07, 6.45) is 5.07. The Morgan fingerprint density at radius 3 is 2.62 bits per heavy atom. The molecule has 21 heavy (non-hydrogen) atoms. The molecule has 3 rings (SSSR count). The molecule has 106 valence electrons. The summed E-state index contributed by atoms with van der Waals surface area (Å²) in [6.45, 7) is 0. The van der Waals surface area contributed by atoms with Gasteiger partial charge in [0.05, 0.1) is 6.20 Å². The first-order valence-corrected chi connectivity index (χ1v) is 6.53. The molecular formula is C15H15N5O. The molecule has 6 nitrogen and oxygen atoms in total. The molecular weight excluding hydrogens is 266 g/mol. The molecule has 3 aromatic rings. The maximum atomic E-state index is 12.3. The van der Waals surface area contributed by atoms with Crippen LogP contribution in [-0.4, -0.2) is 25.2 Å². The highest BCUT2D eigenvalue weighted by Crippen LogP contribution is 2.27. The highest BCUT2D eigenvalue weighted by molar-refractivity contribution is 6.03. The van der Waals surface area contributed by atoms with Gasteiger partial charge in [0.25, 0.3) is 5.91 Å². The van der Waals surface area contributed by atoms with Crippen molar-refractivity contribution in [1.82, 2.24) is 19.3 Å². The molecule has 0 atom stereocenters. The van der Waals surface area contributed by atoms with E-state index < -0.39 is 0 Å². The number of nitrogens with one attached hydrogen (secondary N) is 1. The Morgan fingerprint density at radius 1 is 1.19 bits per heavy atom. The van der Waals surface area contributed by atoms with E-state index in [-0.39, 0.29) is 5.91 Å². The first-order valence-electron chi connectivity index (χ1n) is 6.53. The molecule has 1 amide bonds. The van der Waals surface area contributed by atoms with E-state index in [9.17, 15) is 4.79 Å². The van der Waals surface area contributed by atoms with Crippen molar-refractivity contribution in [3.05, 3.63) is 54.7 Å². The molecule has 0 aliphatic carbocycles. The number of carbonyl (C=O) groups excluding carboxylic acids is 1. The summed E-state index contributed by atoms with van der Waals surface area (Å²) in [5.74, 6) is 0.743. The van der Waals surface area contributed by atoms with Gasteiger partial charge in [-0.2, -0.15) is 5.10 Å². The first kappa shape index (κ1) is 13.1. The van der Waals surface area contributed by atoms with Crippen molar-refractivity contribution in [2.45, 2.75) is 0 Å². The van der Waals surface area contributed by atoms with E-state index in [0.717, 1.165) is 11.1 Å². The maximum Gasteiger partial charge on any atom is 0.292 e. The lowest BCUT2D eigenvalue weighted by atomic mass is 10.1. The Labute approximate surface area is 122 Å². The zero-order chi connectivity index (χ0) is 14.8. The molecule has 0 saturated heterocycles. The van der Waals surface area contributed by atoms with Crippen LogP contribution in [0.3, 0.4) is 0 Å². The van der Waals surface area contributed by atoms with Crippen LogP contribution in [0.2, 0.25) is 0 Å². The van der Waals surface area contributed by atoms with Gasteiger partial charge < -0.3 is 9.88 Å². The van der Waals surface area contributed by atoms with E-state index >= 15 is 0 Å². The number of aryl methyl sites for hydroxylation is 2. The number of rotatable bonds is 3. The van der Waals surface area contributed by atoms with Crippen LogP contribution in [0.25, 0.3) is 11.1 Å². The summed E-state index contributed by atoms with van der Waals surface area (Å²) in [5.41, 5.74) is 1.88. The summed E-state index contributed by atoms with van der Waals surface area (Å²) in [7, 11) is 3.57. The number of carbonyl (C=O) groups is 1. The summed E-state index contributed by atoms with van der Waals surface area (Å²) in [5, 5.41) is 7.10. The second kappa shape index (κ2) is 5.24. The third-order valence-corrected chi connectivity index (χ3v) is 3.28. The van der Waals surface area contributed by atoms with Gasteiger partial charge in [-0.3, -0.25) is 9.48 Å².